The summed E-state index contributed by atoms with van der Waals surface area (Å²) in [6, 6.07) is 6.51. The van der Waals surface area contributed by atoms with Crippen LogP contribution in [0.1, 0.15) is 42.4 Å². The number of amides is 1. The number of nitrogen functional groups attached to an aromatic ring is 1. The summed E-state index contributed by atoms with van der Waals surface area (Å²) in [6.07, 6.45) is -4.51. The van der Waals surface area contributed by atoms with Gasteiger partial charge in [-0.05, 0) is 56.7 Å². The van der Waals surface area contributed by atoms with Gasteiger partial charge in [0.1, 0.15) is 11.6 Å². The summed E-state index contributed by atoms with van der Waals surface area (Å²) in [4.78, 5) is 23.3. The summed E-state index contributed by atoms with van der Waals surface area (Å²) in [5, 5.41) is 3.82. The van der Waals surface area contributed by atoms with E-state index in [2.05, 4.69) is 15.3 Å². The maximum absolute atomic E-state index is 13.3. The Morgan fingerprint density at radius 1 is 1.18 bits per heavy atom. The van der Waals surface area contributed by atoms with Crippen LogP contribution in [0, 0.1) is 6.92 Å². The lowest BCUT2D eigenvalue weighted by Crippen LogP contribution is -2.37. The normalized spacial score (nSPS) is 19.2. The van der Waals surface area contributed by atoms with Gasteiger partial charge in [0.2, 0.25) is 0 Å². The van der Waals surface area contributed by atoms with Crippen molar-refractivity contribution in [2.75, 3.05) is 30.1 Å². The van der Waals surface area contributed by atoms with Crippen LogP contribution in [-0.2, 0) is 21.3 Å². The van der Waals surface area contributed by atoms with Crippen molar-refractivity contribution in [3.05, 3.63) is 52.8 Å². The fourth-order valence-electron chi connectivity index (χ4n) is 4.17. The molecule has 0 saturated heterocycles. The molecule has 1 aliphatic rings. The van der Waals surface area contributed by atoms with Gasteiger partial charge in [0.25, 0.3) is 5.91 Å². The highest BCUT2D eigenvalue weighted by Crippen LogP contribution is 2.44. The Morgan fingerprint density at radius 2 is 1.88 bits per heavy atom. The predicted octanol–water partition coefficient (Wildman–Crippen LogP) is 4.55. The van der Waals surface area contributed by atoms with Gasteiger partial charge in [0, 0.05) is 30.8 Å². The summed E-state index contributed by atoms with van der Waals surface area (Å²) >= 11 is 0. The molecule has 10 heteroatoms. The van der Waals surface area contributed by atoms with E-state index < -0.39 is 23.4 Å². The summed E-state index contributed by atoms with van der Waals surface area (Å²) in [5.41, 5.74) is 6.08. The number of fused-ring (bicyclic) bond motifs is 2. The molecule has 0 radical (unpaired) electrons. The number of hydrogen-bond donors (Lipinski definition) is 2. The monoisotopic (exact) mass is 459 g/mol. The zero-order valence-electron chi connectivity index (χ0n) is 18.8. The highest BCUT2D eigenvalue weighted by Gasteiger charge is 2.47. The summed E-state index contributed by atoms with van der Waals surface area (Å²) in [5.74, 6) is 0.703. The Balaban J connectivity index is 1.81. The smallest absolute Gasteiger partial charge is 0.399 e. The van der Waals surface area contributed by atoms with E-state index in [-0.39, 0.29) is 11.6 Å². The van der Waals surface area contributed by atoms with Gasteiger partial charge in [-0.1, -0.05) is 0 Å². The first kappa shape index (κ1) is 22.8. The van der Waals surface area contributed by atoms with Gasteiger partial charge >= 0.3 is 6.18 Å². The third-order valence-electron chi connectivity index (χ3n) is 6.08. The van der Waals surface area contributed by atoms with Crippen molar-refractivity contribution < 1.29 is 22.7 Å². The second-order valence-electron chi connectivity index (χ2n) is 8.36. The van der Waals surface area contributed by atoms with E-state index in [1.807, 2.05) is 0 Å². The maximum atomic E-state index is 13.3. The second kappa shape index (κ2) is 7.58. The molecule has 0 spiro atoms. The number of aromatic nitrogens is 2. The quantitative estimate of drug-likeness (QED) is 0.556. The fraction of sp³-hybridized carbons (Fsp3) is 0.348. The second-order valence-corrected chi connectivity index (χ2v) is 8.36. The highest BCUT2D eigenvalue weighted by molar-refractivity contribution is 6.09. The number of methoxy groups -OCH3 is 1. The SMILES string of the molecule is COC1(C)C(=O)N(C)c2cc3nc(C)nc(NC(C)c4cc(N)cc(C(F)(F)F)c4)c3cc21. The first-order chi connectivity index (χ1) is 15.3. The van der Waals surface area contributed by atoms with Gasteiger partial charge in [-0.25, -0.2) is 9.97 Å². The summed E-state index contributed by atoms with van der Waals surface area (Å²) in [7, 11) is 3.14. The molecule has 3 N–H and O–H groups in total. The molecule has 0 bridgehead atoms. The van der Waals surface area contributed by atoms with Crippen LogP contribution in [0.2, 0.25) is 0 Å². The van der Waals surface area contributed by atoms with E-state index in [1.54, 1.807) is 40.0 Å². The molecule has 2 aromatic carbocycles. The van der Waals surface area contributed by atoms with Gasteiger partial charge in [0.15, 0.2) is 5.60 Å². The van der Waals surface area contributed by atoms with Crippen molar-refractivity contribution in [1.82, 2.24) is 9.97 Å². The van der Waals surface area contributed by atoms with E-state index in [9.17, 15) is 18.0 Å². The Bertz CT molecular complexity index is 1280. The Kier molecular flexibility index (Phi) is 5.24. The van der Waals surface area contributed by atoms with Crippen molar-refractivity contribution in [1.29, 1.82) is 0 Å². The van der Waals surface area contributed by atoms with Crippen LogP contribution in [0.4, 0.5) is 30.4 Å². The number of carbonyl (C=O) groups is 1. The molecule has 174 valence electrons. The van der Waals surface area contributed by atoms with Crippen molar-refractivity contribution in [2.24, 2.45) is 0 Å². The molecule has 0 aliphatic carbocycles. The first-order valence-corrected chi connectivity index (χ1v) is 10.3. The minimum Gasteiger partial charge on any atom is -0.399 e. The van der Waals surface area contributed by atoms with Crippen molar-refractivity contribution >= 4 is 34.0 Å². The summed E-state index contributed by atoms with van der Waals surface area (Å²) < 4.78 is 45.3. The van der Waals surface area contributed by atoms with Crippen LogP contribution in [-0.4, -0.2) is 30.0 Å². The molecular weight excluding hydrogens is 435 g/mol. The van der Waals surface area contributed by atoms with Crippen LogP contribution in [0.5, 0.6) is 0 Å². The standard InChI is InChI=1S/C23H24F3N5O2/c1-11(13-6-14(23(24,25)26)8-15(27)7-13)28-20-16-9-17-19(10-18(16)29-12(2)30-20)31(4)21(32)22(17,3)33-5/h6-11H,27H2,1-5H3,(H,28,29,30). The predicted molar refractivity (Wildman–Crippen MR) is 120 cm³/mol. The maximum Gasteiger partial charge on any atom is 0.416 e. The number of ether oxygens (including phenoxy) is 1. The lowest BCUT2D eigenvalue weighted by Gasteiger charge is -2.22. The van der Waals surface area contributed by atoms with Gasteiger partial charge in [-0.2, -0.15) is 13.2 Å². The molecule has 4 rings (SSSR count). The molecular formula is C23H24F3N5O2. The Labute approximate surface area is 188 Å². The number of rotatable bonds is 4. The van der Waals surface area contributed by atoms with Gasteiger partial charge in [0.05, 0.1) is 22.8 Å². The average molecular weight is 459 g/mol. The first-order valence-electron chi connectivity index (χ1n) is 10.3. The number of nitrogens with one attached hydrogen (secondary N) is 1. The molecule has 3 aromatic rings. The van der Waals surface area contributed by atoms with Crippen molar-refractivity contribution in [3.63, 3.8) is 0 Å². The highest BCUT2D eigenvalue weighted by atomic mass is 19.4. The van der Waals surface area contributed by atoms with E-state index >= 15 is 0 Å². The van der Waals surface area contributed by atoms with E-state index in [0.29, 0.717) is 39.4 Å². The molecule has 1 aliphatic heterocycles. The van der Waals surface area contributed by atoms with Gasteiger partial charge < -0.3 is 20.7 Å². The minimum absolute atomic E-state index is 0.0208. The van der Waals surface area contributed by atoms with Crippen LogP contribution in [0.25, 0.3) is 10.9 Å². The van der Waals surface area contributed by atoms with Crippen LogP contribution in [0.3, 0.4) is 0 Å². The zero-order chi connectivity index (χ0) is 24.3. The van der Waals surface area contributed by atoms with Crippen molar-refractivity contribution in [3.8, 4) is 0 Å². The number of halogens is 3. The van der Waals surface area contributed by atoms with E-state index in [0.717, 1.165) is 12.1 Å². The third-order valence-corrected chi connectivity index (χ3v) is 6.08. The van der Waals surface area contributed by atoms with E-state index in [1.165, 1.54) is 18.1 Å². The van der Waals surface area contributed by atoms with Gasteiger partial charge in [-0.3, -0.25) is 4.79 Å². The largest absolute Gasteiger partial charge is 0.416 e. The molecule has 2 atom stereocenters. The number of benzene rings is 2. The van der Waals surface area contributed by atoms with Crippen LogP contribution < -0.4 is 16.0 Å². The fourth-order valence-corrected chi connectivity index (χ4v) is 4.17. The van der Waals surface area contributed by atoms with Crippen LogP contribution in [0.15, 0.2) is 30.3 Å². The van der Waals surface area contributed by atoms with E-state index in [4.69, 9.17) is 10.5 Å². The molecule has 1 aromatic heterocycles. The topological polar surface area (TPSA) is 93.4 Å². The van der Waals surface area contributed by atoms with Gasteiger partial charge in [-0.15, -0.1) is 0 Å². The lowest BCUT2D eigenvalue weighted by molar-refractivity contribution is -0.138. The van der Waals surface area contributed by atoms with Crippen LogP contribution >= 0.6 is 0 Å². The molecule has 0 fully saturated rings. The molecule has 2 heterocycles. The number of anilines is 3. The number of likely N-dealkylation sites (N-methyl/N-ethyl adjacent to an activating group) is 1. The molecule has 2 unspecified atom stereocenters. The Morgan fingerprint density at radius 3 is 2.52 bits per heavy atom. The minimum atomic E-state index is -4.51. The molecule has 7 nitrogen and oxygen atoms in total. The molecule has 1 amide bonds. The molecule has 0 saturated carbocycles. The number of carbonyl (C=O) groups excluding carboxylic acids is 1. The number of nitrogens with zero attached hydrogens (tertiary/aromatic N) is 3. The summed E-state index contributed by atoms with van der Waals surface area (Å²) in [6.45, 7) is 5.14. The van der Waals surface area contributed by atoms with Crippen molar-refractivity contribution in [2.45, 2.75) is 38.6 Å². The lowest BCUT2D eigenvalue weighted by atomic mass is 9.95. The molecule has 33 heavy (non-hydrogen) atoms. The average Bonchev–Trinajstić information content (AvgIpc) is 2.92. The third kappa shape index (κ3) is 3.74. The number of alkyl halides is 3. The zero-order valence-corrected chi connectivity index (χ0v) is 18.8. The number of nitrogens with two attached hydrogens (primary N) is 1. The Hall–Kier alpha value is -3.40. The number of hydrogen-bond acceptors (Lipinski definition) is 6. The number of aryl methyl sites for hydroxylation is 1.